The average molecular weight is 453 g/mol. The highest BCUT2D eigenvalue weighted by Crippen LogP contribution is 2.43. The van der Waals surface area contributed by atoms with Gasteiger partial charge in [0.2, 0.25) is 0 Å². The Morgan fingerprint density at radius 2 is 1.91 bits per heavy atom. The smallest absolute Gasteiger partial charge is 0.409 e. The second-order valence-electron chi connectivity index (χ2n) is 9.23. The van der Waals surface area contributed by atoms with E-state index >= 15 is 0 Å². The van der Waals surface area contributed by atoms with Gasteiger partial charge in [-0.1, -0.05) is 13.3 Å². The van der Waals surface area contributed by atoms with Gasteiger partial charge < -0.3 is 9.64 Å². The summed E-state index contributed by atoms with van der Waals surface area (Å²) in [7, 11) is 1.39. The Morgan fingerprint density at radius 3 is 2.53 bits per heavy atom. The molecule has 1 aliphatic heterocycles. The standard InChI is InChI=1S/C23H31F3N4O2/c1-4-15-9-10-29(22(31)32-3)13-18(15)20-11-14(2)27-21-12-19(28-30(20)21)16-5-7-17(8-6-16)23(24,25)26/h11-12,15-18H,4-10,13H2,1-3H3. The van der Waals surface area contributed by atoms with Crippen molar-refractivity contribution in [3.63, 3.8) is 0 Å². The number of methoxy groups -OCH3 is 1. The molecule has 1 aliphatic carbocycles. The zero-order valence-electron chi connectivity index (χ0n) is 18.9. The van der Waals surface area contributed by atoms with Crippen molar-refractivity contribution in [2.24, 2.45) is 11.8 Å². The van der Waals surface area contributed by atoms with Gasteiger partial charge in [0.05, 0.1) is 24.4 Å². The number of ether oxygens (including phenoxy) is 1. The van der Waals surface area contributed by atoms with E-state index in [2.05, 4.69) is 11.9 Å². The number of hydrogen-bond acceptors (Lipinski definition) is 4. The van der Waals surface area contributed by atoms with E-state index in [0.717, 1.165) is 35.6 Å². The molecule has 2 atom stereocenters. The first kappa shape index (κ1) is 22.9. The molecule has 0 aromatic carbocycles. The molecule has 2 unspecified atom stereocenters. The summed E-state index contributed by atoms with van der Waals surface area (Å²) in [5.41, 5.74) is 3.41. The molecule has 32 heavy (non-hydrogen) atoms. The number of aromatic nitrogens is 3. The number of rotatable bonds is 3. The van der Waals surface area contributed by atoms with Crippen LogP contribution in [-0.4, -0.2) is 52.0 Å². The minimum atomic E-state index is -4.11. The lowest BCUT2D eigenvalue weighted by molar-refractivity contribution is -0.182. The van der Waals surface area contributed by atoms with Crippen LogP contribution in [0.15, 0.2) is 12.1 Å². The van der Waals surface area contributed by atoms with Crippen molar-refractivity contribution in [3.05, 3.63) is 29.2 Å². The molecule has 4 rings (SSSR count). The first-order valence-corrected chi connectivity index (χ1v) is 11.5. The van der Waals surface area contributed by atoms with E-state index in [4.69, 9.17) is 9.84 Å². The Kier molecular flexibility index (Phi) is 6.36. The molecular formula is C23H31F3N4O2. The molecule has 0 spiro atoms. The van der Waals surface area contributed by atoms with Crippen LogP contribution in [0.3, 0.4) is 0 Å². The summed E-state index contributed by atoms with van der Waals surface area (Å²) >= 11 is 0. The molecule has 176 valence electrons. The van der Waals surface area contributed by atoms with Gasteiger partial charge >= 0.3 is 12.3 Å². The normalized spacial score (nSPS) is 27.0. The maximum Gasteiger partial charge on any atom is 0.409 e. The number of nitrogens with zero attached hydrogens (tertiary/aromatic N) is 4. The number of alkyl halides is 3. The molecule has 0 radical (unpaired) electrons. The number of amides is 1. The van der Waals surface area contributed by atoms with Gasteiger partial charge in [0.15, 0.2) is 5.65 Å². The van der Waals surface area contributed by atoms with Gasteiger partial charge in [-0.15, -0.1) is 0 Å². The van der Waals surface area contributed by atoms with Crippen LogP contribution in [0.25, 0.3) is 5.65 Å². The maximum absolute atomic E-state index is 13.1. The van der Waals surface area contributed by atoms with Gasteiger partial charge in [0.25, 0.3) is 0 Å². The summed E-state index contributed by atoms with van der Waals surface area (Å²) in [4.78, 5) is 18.5. The second-order valence-corrected chi connectivity index (χ2v) is 9.23. The van der Waals surface area contributed by atoms with Crippen LogP contribution in [0.5, 0.6) is 0 Å². The van der Waals surface area contributed by atoms with E-state index in [1.54, 1.807) is 4.90 Å². The van der Waals surface area contributed by atoms with Crippen LogP contribution in [0.4, 0.5) is 18.0 Å². The Morgan fingerprint density at radius 1 is 1.19 bits per heavy atom. The SMILES string of the molecule is CCC1CCN(C(=O)OC)CC1c1cc(C)nc2cc(C3CCC(C(F)(F)F)CC3)nn12. The molecule has 2 aromatic rings. The topological polar surface area (TPSA) is 59.7 Å². The molecule has 9 heteroatoms. The first-order chi connectivity index (χ1) is 15.2. The summed E-state index contributed by atoms with van der Waals surface area (Å²) in [5, 5.41) is 4.84. The predicted molar refractivity (Wildman–Crippen MR) is 114 cm³/mol. The third-order valence-corrected chi connectivity index (χ3v) is 7.30. The first-order valence-electron chi connectivity index (χ1n) is 11.5. The van der Waals surface area contributed by atoms with E-state index in [1.807, 2.05) is 23.6 Å². The molecule has 6 nitrogen and oxygen atoms in total. The van der Waals surface area contributed by atoms with Gasteiger partial charge in [0, 0.05) is 36.7 Å². The molecule has 0 bridgehead atoms. The van der Waals surface area contributed by atoms with Crippen molar-refractivity contribution in [1.82, 2.24) is 19.5 Å². The van der Waals surface area contributed by atoms with E-state index in [-0.39, 0.29) is 30.8 Å². The lowest BCUT2D eigenvalue weighted by Crippen LogP contribution is -2.43. The van der Waals surface area contributed by atoms with Crippen molar-refractivity contribution in [3.8, 4) is 0 Å². The minimum absolute atomic E-state index is 0.0170. The van der Waals surface area contributed by atoms with E-state index < -0.39 is 12.1 Å². The zero-order valence-corrected chi connectivity index (χ0v) is 18.9. The third-order valence-electron chi connectivity index (χ3n) is 7.30. The summed E-state index contributed by atoms with van der Waals surface area (Å²) in [6, 6.07) is 3.95. The molecule has 0 N–H and O–H groups in total. The molecule has 2 fully saturated rings. The van der Waals surface area contributed by atoms with Crippen LogP contribution in [0, 0.1) is 18.8 Å². The van der Waals surface area contributed by atoms with Gasteiger partial charge in [-0.25, -0.2) is 14.3 Å². The van der Waals surface area contributed by atoms with Crippen LogP contribution in [0.1, 0.15) is 74.4 Å². The minimum Gasteiger partial charge on any atom is -0.453 e. The van der Waals surface area contributed by atoms with Crippen LogP contribution >= 0.6 is 0 Å². The molecule has 2 aromatic heterocycles. The predicted octanol–water partition coefficient (Wildman–Crippen LogP) is 5.46. The number of likely N-dealkylation sites (tertiary alicyclic amines) is 1. The third kappa shape index (κ3) is 4.43. The number of fused-ring (bicyclic) bond motifs is 1. The van der Waals surface area contributed by atoms with Crippen molar-refractivity contribution in [1.29, 1.82) is 0 Å². The number of halogens is 3. The Hall–Kier alpha value is -2.32. The summed E-state index contributed by atoms with van der Waals surface area (Å²) in [5.74, 6) is -0.700. The van der Waals surface area contributed by atoms with Crippen LogP contribution in [-0.2, 0) is 4.74 Å². The van der Waals surface area contributed by atoms with Crippen molar-refractivity contribution < 1.29 is 22.7 Å². The monoisotopic (exact) mass is 452 g/mol. The fraction of sp³-hybridized carbons (Fsp3) is 0.696. The van der Waals surface area contributed by atoms with Gasteiger partial charge in [0.1, 0.15) is 0 Å². The highest BCUT2D eigenvalue weighted by molar-refractivity contribution is 5.67. The zero-order chi connectivity index (χ0) is 23.0. The Bertz CT molecular complexity index is 966. The van der Waals surface area contributed by atoms with Crippen molar-refractivity contribution in [2.75, 3.05) is 20.2 Å². The number of hydrogen-bond donors (Lipinski definition) is 0. The highest BCUT2D eigenvalue weighted by atomic mass is 19.4. The Balaban J connectivity index is 1.64. The number of carbonyl (C=O) groups is 1. The summed E-state index contributed by atoms with van der Waals surface area (Å²) in [6.07, 6.45) is -1.30. The van der Waals surface area contributed by atoms with Crippen LogP contribution < -0.4 is 0 Å². The largest absolute Gasteiger partial charge is 0.453 e. The lowest BCUT2D eigenvalue weighted by Gasteiger charge is -2.37. The lowest BCUT2D eigenvalue weighted by atomic mass is 9.80. The molecule has 1 saturated heterocycles. The highest BCUT2D eigenvalue weighted by Gasteiger charge is 2.42. The van der Waals surface area contributed by atoms with Crippen LogP contribution in [0.2, 0.25) is 0 Å². The molecule has 1 amide bonds. The molecule has 3 heterocycles. The second kappa shape index (κ2) is 8.90. The number of aryl methyl sites for hydroxylation is 1. The fourth-order valence-electron chi connectivity index (χ4n) is 5.45. The van der Waals surface area contributed by atoms with Gasteiger partial charge in [-0.2, -0.15) is 18.3 Å². The van der Waals surface area contributed by atoms with E-state index in [1.165, 1.54) is 7.11 Å². The maximum atomic E-state index is 13.1. The molecule has 1 saturated carbocycles. The quantitative estimate of drug-likeness (QED) is 0.621. The summed E-state index contributed by atoms with van der Waals surface area (Å²) < 4.78 is 46.0. The number of piperidine rings is 1. The van der Waals surface area contributed by atoms with Crippen molar-refractivity contribution >= 4 is 11.7 Å². The van der Waals surface area contributed by atoms with E-state index in [9.17, 15) is 18.0 Å². The van der Waals surface area contributed by atoms with Gasteiger partial charge in [-0.05, 0) is 51.0 Å². The van der Waals surface area contributed by atoms with Crippen molar-refractivity contribution in [2.45, 2.75) is 70.4 Å². The average Bonchev–Trinajstić information content (AvgIpc) is 3.21. The Labute approximate surface area is 186 Å². The molecule has 2 aliphatic rings. The fourth-order valence-corrected chi connectivity index (χ4v) is 5.45. The van der Waals surface area contributed by atoms with Gasteiger partial charge in [-0.3, -0.25) is 0 Å². The molecular weight excluding hydrogens is 421 g/mol. The summed E-state index contributed by atoms with van der Waals surface area (Å²) in [6.45, 7) is 5.31. The van der Waals surface area contributed by atoms with E-state index in [0.29, 0.717) is 31.8 Å². The number of carbonyl (C=O) groups excluding carboxylic acids is 1.